The van der Waals surface area contributed by atoms with Crippen molar-refractivity contribution < 1.29 is 19.8 Å². The summed E-state index contributed by atoms with van der Waals surface area (Å²) in [6, 6.07) is 8.93. The summed E-state index contributed by atoms with van der Waals surface area (Å²) in [5.41, 5.74) is 0.757. The van der Waals surface area contributed by atoms with E-state index in [1.807, 2.05) is 6.07 Å². The van der Waals surface area contributed by atoms with Gasteiger partial charge in [-0.2, -0.15) is 0 Å². The molecule has 1 aromatic carbocycles. The molecule has 0 fully saturated rings. The Labute approximate surface area is 98.2 Å². The van der Waals surface area contributed by atoms with Crippen molar-refractivity contribution in [3.05, 3.63) is 47.7 Å². The molecule has 1 aliphatic carbocycles. The number of carboxylic acids is 1. The molecule has 17 heavy (non-hydrogen) atoms. The Bertz CT molecular complexity index is 475. The first-order chi connectivity index (χ1) is 8.09. The number of benzene rings is 1. The second-order valence-electron chi connectivity index (χ2n) is 4.07. The molecule has 1 aliphatic rings. The van der Waals surface area contributed by atoms with Crippen molar-refractivity contribution in [2.75, 3.05) is 0 Å². The lowest BCUT2D eigenvalue weighted by Crippen LogP contribution is -2.29. The predicted octanol–water partition coefficient (Wildman–Crippen LogP) is 1.89. The van der Waals surface area contributed by atoms with E-state index >= 15 is 0 Å². The highest BCUT2D eigenvalue weighted by molar-refractivity contribution is 5.94. The summed E-state index contributed by atoms with van der Waals surface area (Å²) in [6.45, 7) is 0. The van der Waals surface area contributed by atoms with Gasteiger partial charge in [-0.15, -0.1) is 0 Å². The van der Waals surface area contributed by atoms with Gasteiger partial charge in [0.25, 0.3) is 0 Å². The van der Waals surface area contributed by atoms with Gasteiger partial charge in [-0.1, -0.05) is 30.3 Å². The zero-order chi connectivity index (χ0) is 12.4. The van der Waals surface area contributed by atoms with Crippen molar-refractivity contribution in [1.82, 2.24) is 0 Å². The number of allylic oxidation sites excluding steroid dienone is 1. The van der Waals surface area contributed by atoms with Gasteiger partial charge in [0.2, 0.25) is 0 Å². The van der Waals surface area contributed by atoms with E-state index in [-0.39, 0.29) is 18.0 Å². The first-order valence-electron chi connectivity index (χ1n) is 5.30. The molecule has 0 radical (unpaired) electrons. The molecule has 2 N–H and O–H groups in total. The minimum Gasteiger partial charge on any atom is -0.511 e. The van der Waals surface area contributed by atoms with Crippen LogP contribution in [-0.2, 0) is 9.59 Å². The molecule has 0 saturated carbocycles. The molecule has 0 saturated heterocycles. The summed E-state index contributed by atoms with van der Waals surface area (Å²) < 4.78 is 0. The molecule has 88 valence electrons. The summed E-state index contributed by atoms with van der Waals surface area (Å²) in [5, 5.41) is 18.7. The van der Waals surface area contributed by atoms with Crippen LogP contribution >= 0.6 is 0 Å². The number of aliphatic carboxylic acids is 1. The number of aliphatic hydroxyl groups excluding tert-OH is 1. The van der Waals surface area contributed by atoms with E-state index in [0.717, 1.165) is 11.6 Å². The third-order valence-electron chi connectivity index (χ3n) is 2.94. The summed E-state index contributed by atoms with van der Waals surface area (Å²) in [5.74, 6) is -3.24. The fraction of sp³-hybridized carbons (Fsp3) is 0.231. The lowest BCUT2D eigenvalue weighted by molar-refractivity contribution is -0.142. The first kappa shape index (κ1) is 11.4. The molecule has 2 atom stereocenters. The second-order valence-corrected chi connectivity index (χ2v) is 4.07. The summed E-state index contributed by atoms with van der Waals surface area (Å²) >= 11 is 0. The van der Waals surface area contributed by atoms with Gasteiger partial charge in [0.15, 0.2) is 5.78 Å². The van der Waals surface area contributed by atoms with Crippen LogP contribution in [0.25, 0.3) is 0 Å². The average molecular weight is 232 g/mol. The number of ketones is 1. The number of hydrogen-bond acceptors (Lipinski definition) is 3. The Morgan fingerprint density at radius 3 is 2.47 bits per heavy atom. The Hall–Kier alpha value is -2.10. The standard InChI is InChI=1S/C13H12O4/c14-9-6-10(8-4-2-1-3-5-8)12(13(16)17)11(15)7-9/h1-5,7,10,12,15H,6H2,(H,16,17)/t10-,12+/m0/s1. The van der Waals surface area contributed by atoms with E-state index < -0.39 is 17.8 Å². The maximum absolute atomic E-state index is 11.4. The van der Waals surface area contributed by atoms with Crippen molar-refractivity contribution in [3.8, 4) is 0 Å². The largest absolute Gasteiger partial charge is 0.511 e. The molecule has 0 spiro atoms. The van der Waals surface area contributed by atoms with Crippen LogP contribution in [0.15, 0.2) is 42.2 Å². The third kappa shape index (κ3) is 2.20. The zero-order valence-electron chi connectivity index (χ0n) is 9.04. The second kappa shape index (κ2) is 4.41. The Kier molecular flexibility index (Phi) is 2.95. The fourth-order valence-corrected chi connectivity index (χ4v) is 2.16. The Morgan fingerprint density at radius 1 is 1.24 bits per heavy atom. The summed E-state index contributed by atoms with van der Waals surface area (Å²) in [7, 11) is 0. The zero-order valence-corrected chi connectivity index (χ0v) is 9.04. The number of carboxylic acid groups (broad SMARTS) is 1. The molecular formula is C13H12O4. The molecule has 0 aromatic heterocycles. The third-order valence-corrected chi connectivity index (χ3v) is 2.94. The molecule has 0 aliphatic heterocycles. The maximum atomic E-state index is 11.4. The molecule has 0 bridgehead atoms. The van der Waals surface area contributed by atoms with Crippen LogP contribution in [0.4, 0.5) is 0 Å². The Balaban J connectivity index is 2.42. The normalized spacial score (nSPS) is 24.2. The number of rotatable bonds is 2. The molecule has 0 unspecified atom stereocenters. The van der Waals surface area contributed by atoms with Crippen molar-refractivity contribution in [2.24, 2.45) is 5.92 Å². The van der Waals surface area contributed by atoms with Crippen LogP contribution in [0.1, 0.15) is 17.9 Å². The minimum atomic E-state index is -1.11. The van der Waals surface area contributed by atoms with Crippen LogP contribution in [-0.4, -0.2) is 22.0 Å². The number of hydrogen-bond donors (Lipinski definition) is 2. The van der Waals surface area contributed by atoms with Crippen LogP contribution in [0.2, 0.25) is 0 Å². The van der Waals surface area contributed by atoms with Crippen molar-refractivity contribution in [2.45, 2.75) is 12.3 Å². The van der Waals surface area contributed by atoms with E-state index in [1.165, 1.54) is 0 Å². The van der Waals surface area contributed by atoms with Crippen LogP contribution in [0, 0.1) is 5.92 Å². The first-order valence-corrected chi connectivity index (χ1v) is 5.30. The topological polar surface area (TPSA) is 74.6 Å². The summed E-state index contributed by atoms with van der Waals surface area (Å²) in [4.78, 5) is 22.5. The van der Waals surface area contributed by atoms with E-state index in [4.69, 9.17) is 5.11 Å². The average Bonchev–Trinajstić information content (AvgIpc) is 2.28. The highest BCUT2D eigenvalue weighted by atomic mass is 16.4. The van der Waals surface area contributed by atoms with E-state index in [0.29, 0.717) is 0 Å². The van der Waals surface area contributed by atoms with Gasteiger partial charge >= 0.3 is 5.97 Å². The van der Waals surface area contributed by atoms with Crippen molar-refractivity contribution >= 4 is 11.8 Å². The van der Waals surface area contributed by atoms with Crippen LogP contribution < -0.4 is 0 Å². The Morgan fingerprint density at radius 2 is 1.88 bits per heavy atom. The van der Waals surface area contributed by atoms with Gasteiger partial charge in [0, 0.05) is 18.4 Å². The number of carbonyl (C=O) groups excluding carboxylic acids is 1. The van der Waals surface area contributed by atoms with Gasteiger partial charge in [0.1, 0.15) is 11.7 Å². The highest BCUT2D eigenvalue weighted by Crippen LogP contribution is 2.36. The number of aliphatic hydroxyl groups is 1. The number of carbonyl (C=O) groups is 2. The molecule has 1 aromatic rings. The molecule has 4 heteroatoms. The summed E-state index contributed by atoms with van der Waals surface area (Å²) in [6.07, 6.45) is 1.13. The predicted molar refractivity (Wildman–Crippen MR) is 60.6 cm³/mol. The molecule has 0 amide bonds. The van der Waals surface area contributed by atoms with Crippen molar-refractivity contribution in [1.29, 1.82) is 0 Å². The van der Waals surface area contributed by atoms with Gasteiger partial charge < -0.3 is 10.2 Å². The monoisotopic (exact) mass is 232 g/mol. The highest BCUT2D eigenvalue weighted by Gasteiger charge is 2.37. The maximum Gasteiger partial charge on any atom is 0.314 e. The van der Waals surface area contributed by atoms with Gasteiger partial charge in [-0.05, 0) is 5.56 Å². The molecule has 2 rings (SSSR count). The smallest absolute Gasteiger partial charge is 0.314 e. The van der Waals surface area contributed by atoms with Gasteiger partial charge in [0.05, 0.1) is 0 Å². The lowest BCUT2D eigenvalue weighted by Gasteiger charge is -2.26. The van der Waals surface area contributed by atoms with Crippen molar-refractivity contribution in [3.63, 3.8) is 0 Å². The van der Waals surface area contributed by atoms with E-state index in [2.05, 4.69) is 0 Å². The van der Waals surface area contributed by atoms with Gasteiger partial charge in [-0.25, -0.2) is 0 Å². The van der Waals surface area contributed by atoms with Crippen LogP contribution in [0.3, 0.4) is 0 Å². The quantitative estimate of drug-likeness (QED) is 0.816. The molecule has 4 nitrogen and oxygen atoms in total. The molecular weight excluding hydrogens is 220 g/mol. The minimum absolute atomic E-state index is 0.116. The molecule has 0 heterocycles. The van der Waals surface area contributed by atoms with Crippen LogP contribution in [0.5, 0.6) is 0 Å². The lowest BCUT2D eigenvalue weighted by atomic mass is 9.77. The fourth-order valence-electron chi connectivity index (χ4n) is 2.16. The SMILES string of the molecule is O=C1C=C(O)[C@H](C(=O)O)[C@H](c2ccccc2)C1. The van der Waals surface area contributed by atoms with E-state index in [1.54, 1.807) is 24.3 Å². The van der Waals surface area contributed by atoms with E-state index in [9.17, 15) is 14.7 Å². The van der Waals surface area contributed by atoms with Gasteiger partial charge in [-0.3, -0.25) is 9.59 Å².